The van der Waals surface area contributed by atoms with E-state index >= 15 is 0 Å². The molecule has 1 saturated heterocycles. The van der Waals surface area contributed by atoms with Gasteiger partial charge in [0, 0.05) is 37.1 Å². The average Bonchev–Trinajstić information content (AvgIpc) is 3.40. The van der Waals surface area contributed by atoms with E-state index in [0.717, 1.165) is 42.5 Å². The van der Waals surface area contributed by atoms with Crippen LogP contribution < -0.4 is 0 Å². The first-order chi connectivity index (χ1) is 14.0. The summed E-state index contributed by atoms with van der Waals surface area (Å²) in [6.45, 7) is 3.02. The van der Waals surface area contributed by atoms with Crippen LogP contribution in [0.2, 0.25) is 0 Å². The number of carbonyl (C=O) groups is 2. The summed E-state index contributed by atoms with van der Waals surface area (Å²) in [6, 6.07) is 9.82. The van der Waals surface area contributed by atoms with Gasteiger partial charge in [0.15, 0.2) is 0 Å². The number of hydrogen-bond acceptors (Lipinski definition) is 4. The fraction of sp³-hybridized carbons (Fsp3) is 0.522. The molecule has 1 aliphatic heterocycles. The lowest BCUT2D eigenvalue weighted by Gasteiger charge is -2.39. The standard InChI is InChI=1S/C23H28N2O4/c1-16-5-4-8-18(13-16)20-14-19(29-24-20)15-23(22(27)28)9-11-25(12-10-23)21(26)17-6-2-3-7-17/h4-5,8,13-14,17H,2-3,6-7,9-12,15H2,1H3,(H,27,28). The van der Waals surface area contributed by atoms with E-state index in [1.54, 1.807) is 0 Å². The number of aromatic nitrogens is 1. The van der Waals surface area contributed by atoms with Crippen molar-refractivity contribution in [2.24, 2.45) is 11.3 Å². The molecule has 6 heteroatoms. The van der Waals surface area contributed by atoms with Gasteiger partial charge >= 0.3 is 5.97 Å². The molecule has 1 amide bonds. The molecule has 2 fully saturated rings. The topological polar surface area (TPSA) is 83.6 Å². The van der Waals surface area contributed by atoms with Gasteiger partial charge in [0.25, 0.3) is 0 Å². The fourth-order valence-corrected chi connectivity index (χ4v) is 4.72. The monoisotopic (exact) mass is 396 g/mol. The van der Waals surface area contributed by atoms with Crippen LogP contribution in [0.1, 0.15) is 49.8 Å². The second kappa shape index (κ2) is 8.01. The molecule has 29 heavy (non-hydrogen) atoms. The van der Waals surface area contributed by atoms with Gasteiger partial charge in [-0.05, 0) is 38.7 Å². The molecule has 154 valence electrons. The Hall–Kier alpha value is -2.63. The van der Waals surface area contributed by atoms with Gasteiger partial charge in [-0.1, -0.05) is 41.8 Å². The molecule has 0 unspecified atom stereocenters. The molecule has 0 bridgehead atoms. The Bertz CT molecular complexity index is 890. The van der Waals surface area contributed by atoms with Crippen LogP contribution in [-0.2, 0) is 16.0 Å². The first-order valence-corrected chi connectivity index (χ1v) is 10.5. The van der Waals surface area contributed by atoms with Crippen molar-refractivity contribution in [1.29, 1.82) is 0 Å². The van der Waals surface area contributed by atoms with Crippen molar-refractivity contribution >= 4 is 11.9 Å². The van der Waals surface area contributed by atoms with Crippen LogP contribution in [-0.4, -0.2) is 40.1 Å². The van der Waals surface area contributed by atoms with E-state index in [4.69, 9.17) is 4.52 Å². The lowest BCUT2D eigenvalue weighted by molar-refractivity contribution is -0.155. The maximum absolute atomic E-state index is 12.7. The number of benzene rings is 1. The Labute approximate surface area is 170 Å². The van der Waals surface area contributed by atoms with Gasteiger partial charge in [-0.15, -0.1) is 0 Å². The largest absolute Gasteiger partial charge is 0.481 e. The molecular formula is C23H28N2O4. The van der Waals surface area contributed by atoms with Crippen molar-refractivity contribution in [2.45, 2.75) is 51.9 Å². The number of hydrogen-bond donors (Lipinski definition) is 1. The summed E-state index contributed by atoms with van der Waals surface area (Å²) in [6.07, 6.45) is 5.38. The predicted molar refractivity (Wildman–Crippen MR) is 108 cm³/mol. The fourth-order valence-electron chi connectivity index (χ4n) is 4.72. The van der Waals surface area contributed by atoms with Crippen LogP contribution in [0.15, 0.2) is 34.9 Å². The number of nitrogens with zero attached hydrogens (tertiary/aromatic N) is 2. The number of carboxylic acid groups (broad SMARTS) is 1. The van der Waals surface area contributed by atoms with Gasteiger partial charge in [-0.3, -0.25) is 9.59 Å². The highest BCUT2D eigenvalue weighted by Crippen LogP contribution is 2.38. The molecule has 2 heterocycles. The van der Waals surface area contributed by atoms with Crippen molar-refractivity contribution in [3.63, 3.8) is 0 Å². The minimum Gasteiger partial charge on any atom is -0.481 e. The Balaban J connectivity index is 1.45. The van der Waals surface area contributed by atoms with Gasteiger partial charge in [0.2, 0.25) is 5.91 Å². The smallest absolute Gasteiger partial charge is 0.310 e. The molecule has 0 radical (unpaired) electrons. The lowest BCUT2D eigenvalue weighted by atomic mass is 9.74. The minimum absolute atomic E-state index is 0.137. The van der Waals surface area contributed by atoms with Crippen molar-refractivity contribution < 1.29 is 19.2 Å². The van der Waals surface area contributed by atoms with E-state index in [-0.39, 0.29) is 11.8 Å². The van der Waals surface area contributed by atoms with E-state index in [9.17, 15) is 14.7 Å². The first-order valence-electron chi connectivity index (χ1n) is 10.5. The normalized spacial score (nSPS) is 19.4. The van der Waals surface area contributed by atoms with Crippen molar-refractivity contribution in [2.75, 3.05) is 13.1 Å². The maximum atomic E-state index is 12.7. The summed E-state index contributed by atoms with van der Waals surface area (Å²) in [5.74, 6) is 0.111. The highest BCUT2D eigenvalue weighted by Gasteiger charge is 2.44. The lowest BCUT2D eigenvalue weighted by Crippen LogP contribution is -2.48. The summed E-state index contributed by atoms with van der Waals surface area (Å²) in [5.41, 5.74) is 1.91. The summed E-state index contributed by atoms with van der Waals surface area (Å²) in [4.78, 5) is 26.7. The third kappa shape index (κ3) is 4.07. The molecule has 1 N–H and O–H groups in total. The molecule has 1 aromatic heterocycles. The number of piperidine rings is 1. The zero-order valence-electron chi connectivity index (χ0n) is 16.9. The van der Waals surface area contributed by atoms with E-state index in [0.29, 0.717) is 38.1 Å². The molecule has 2 aliphatic rings. The minimum atomic E-state index is -0.907. The number of aryl methyl sites for hydroxylation is 1. The van der Waals surface area contributed by atoms with Crippen LogP contribution >= 0.6 is 0 Å². The highest BCUT2D eigenvalue weighted by atomic mass is 16.5. The highest BCUT2D eigenvalue weighted by molar-refractivity contribution is 5.80. The Morgan fingerprint density at radius 2 is 1.93 bits per heavy atom. The zero-order valence-corrected chi connectivity index (χ0v) is 16.9. The Morgan fingerprint density at radius 1 is 1.21 bits per heavy atom. The van der Waals surface area contributed by atoms with Gasteiger partial charge in [-0.2, -0.15) is 0 Å². The third-order valence-corrected chi connectivity index (χ3v) is 6.58. The Kier molecular flexibility index (Phi) is 5.43. The second-order valence-electron chi connectivity index (χ2n) is 8.62. The van der Waals surface area contributed by atoms with Gasteiger partial charge in [0.05, 0.1) is 5.41 Å². The van der Waals surface area contributed by atoms with Crippen LogP contribution in [0.3, 0.4) is 0 Å². The third-order valence-electron chi connectivity index (χ3n) is 6.58. The maximum Gasteiger partial charge on any atom is 0.310 e. The van der Waals surface area contributed by atoms with E-state index in [1.165, 1.54) is 0 Å². The molecule has 6 nitrogen and oxygen atoms in total. The number of rotatable bonds is 5. The molecule has 1 aliphatic carbocycles. The Morgan fingerprint density at radius 3 is 2.59 bits per heavy atom. The van der Waals surface area contributed by atoms with Crippen LogP contribution in [0.25, 0.3) is 11.3 Å². The number of likely N-dealkylation sites (tertiary alicyclic amines) is 1. The summed E-state index contributed by atoms with van der Waals surface area (Å²) < 4.78 is 5.50. The second-order valence-corrected chi connectivity index (χ2v) is 8.62. The van der Waals surface area contributed by atoms with Crippen LogP contribution in [0, 0.1) is 18.3 Å². The number of amides is 1. The molecule has 1 saturated carbocycles. The zero-order chi connectivity index (χ0) is 20.4. The van der Waals surface area contributed by atoms with E-state index in [1.807, 2.05) is 42.2 Å². The molecule has 1 aromatic carbocycles. The summed E-state index contributed by atoms with van der Waals surface area (Å²) >= 11 is 0. The predicted octanol–water partition coefficient (Wildman–Crippen LogP) is 4.08. The van der Waals surface area contributed by atoms with E-state index in [2.05, 4.69) is 5.16 Å². The number of carboxylic acids is 1. The van der Waals surface area contributed by atoms with Crippen molar-refractivity contribution in [3.05, 3.63) is 41.7 Å². The van der Waals surface area contributed by atoms with Gasteiger partial charge in [-0.25, -0.2) is 0 Å². The number of carbonyl (C=O) groups excluding carboxylic acids is 1. The quantitative estimate of drug-likeness (QED) is 0.823. The van der Waals surface area contributed by atoms with Gasteiger partial charge < -0.3 is 14.5 Å². The number of aliphatic carboxylic acids is 1. The molecule has 4 rings (SSSR count). The first kappa shape index (κ1) is 19.7. The molecular weight excluding hydrogens is 368 g/mol. The summed E-state index contributed by atoms with van der Waals surface area (Å²) in [5, 5.41) is 14.1. The molecule has 0 atom stereocenters. The average molecular weight is 396 g/mol. The van der Waals surface area contributed by atoms with Crippen molar-refractivity contribution in [3.8, 4) is 11.3 Å². The van der Waals surface area contributed by atoms with Crippen LogP contribution in [0.5, 0.6) is 0 Å². The van der Waals surface area contributed by atoms with Crippen LogP contribution in [0.4, 0.5) is 0 Å². The summed E-state index contributed by atoms with van der Waals surface area (Å²) in [7, 11) is 0. The van der Waals surface area contributed by atoms with Gasteiger partial charge in [0.1, 0.15) is 11.5 Å². The molecule has 0 spiro atoms. The SMILES string of the molecule is Cc1cccc(-c2cc(CC3(C(=O)O)CCN(C(=O)C4CCCC4)CC3)on2)c1. The van der Waals surface area contributed by atoms with E-state index < -0.39 is 11.4 Å². The van der Waals surface area contributed by atoms with Crippen molar-refractivity contribution in [1.82, 2.24) is 10.1 Å². The molecule has 2 aromatic rings.